The molecule has 6 heteroatoms. The van der Waals surface area contributed by atoms with Gasteiger partial charge in [0.15, 0.2) is 0 Å². The van der Waals surface area contributed by atoms with Crippen molar-refractivity contribution < 1.29 is 13.2 Å². The Bertz CT molecular complexity index is 1020. The summed E-state index contributed by atoms with van der Waals surface area (Å²) in [5.74, 6) is -0.159. The highest BCUT2D eigenvalue weighted by Crippen LogP contribution is 2.29. The van der Waals surface area contributed by atoms with Crippen molar-refractivity contribution in [3.05, 3.63) is 64.2 Å². The van der Waals surface area contributed by atoms with Crippen molar-refractivity contribution in [3.63, 3.8) is 0 Å². The summed E-state index contributed by atoms with van der Waals surface area (Å²) >= 11 is 0. The average Bonchev–Trinajstić information content (AvgIpc) is 2.67. The largest absolute Gasteiger partial charge is 0.349 e. The van der Waals surface area contributed by atoms with Crippen LogP contribution in [0.1, 0.15) is 53.6 Å². The number of sulfonamides is 1. The lowest BCUT2D eigenvalue weighted by Crippen LogP contribution is -2.43. The Morgan fingerprint density at radius 2 is 1.57 bits per heavy atom. The van der Waals surface area contributed by atoms with E-state index in [1.54, 1.807) is 0 Å². The van der Waals surface area contributed by atoms with E-state index in [4.69, 9.17) is 0 Å². The molecule has 1 saturated heterocycles. The van der Waals surface area contributed by atoms with Crippen LogP contribution in [-0.4, -0.2) is 31.7 Å². The van der Waals surface area contributed by atoms with Gasteiger partial charge < -0.3 is 5.32 Å². The predicted molar refractivity (Wildman–Crippen MR) is 120 cm³/mol. The third-order valence-electron chi connectivity index (χ3n) is 6.04. The van der Waals surface area contributed by atoms with Gasteiger partial charge in [-0.3, -0.25) is 4.79 Å². The maximum Gasteiger partial charge on any atom is 0.243 e. The second kappa shape index (κ2) is 8.90. The number of nitrogens with zero attached hydrogens (tertiary/aromatic N) is 1. The number of carbonyl (C=O) groups is 1. The third-order valence-corrected chi connectivity index (χ3v) is 8.25. The minimum absolute atomic E-state index is 0.00509. The molecule has 30 heavy (non-hydrogen) atoms. The Labute approximate surface area is 180 Å². The monoisotopic (exact) mass is 428 g/mol. The molecule has 0 aromatic heterocycles. The van der Waals surface area contributed by atoms with Crippen LogP contribution in [-0.2, 0) is 14.8 Å². The van der Waals surface area contributed by atoms with E-state index in [0.29, 0.717) is 30.8 Å². The lowest BCUT2D eigenvalue weighted by Gasteiger charge is -2.32. The second-order valence-corrected chi connectivity index (χ2v) is 10.4. The van der Waals surface area contributed by atoms with E-state index in [9.17, 15) is 13.2 Å². The molecular formula is C24H32N2O3S. The minimum atomic E-state index is -3.56. The van der Waals surface area contributed by atoms with E-state index in [1.807, 2.05) is 71.0 Å². The van der Waals surface area contributed by atoms with Gasteiger partial charge in [-0.2, -0.15) is 4.31 Å². The minimum Gasteiger partial charge on any atom is -0.349 e. The van der Waals surface area contributed by atoms with Crippen LogP contribution in [0.5, 0.6) is 0 Å². The summed E-state index contributed by atoms with van der Waals surface area (Å²) in [7, 11) is -3.56. The molecule has 1 unspecified atom stereocenters. The number of rotatable bonds is 5. The number of hydrogen-bond acceptors (Lipinski definition) is 3. The maximum atomic E-state index is 13.2. The number of aryl methyl sites for hydroxylation is 4. The molecule has 2 aromatic rings. The Balaban J connectivity index is 1.66. The molecule has 1 amide bonds. The molecule has 1 fully saturated rings. The van der Waals surface area contributed by atoms with Crippen molar-refractivity contribution in [3.8, 4) is 0 Å². The maximum absolute atomic E-state index is 13.2. The number of carbonyl (C=O) groups excluding carboxylic acids is 1. The van der Waals surface area contributed by atoms with E-state index in [0.717, 1.165) is 27.8 Å². The summed E-state index contributed by atoms with van der Waals surface area (Å²) in [6.07, 6.45) is 1.07. The van der Waals surface area contributed by atoms with Crippen molar-refractivity contribution >= 4 is 15.9 Å². The van der Waals surface area contributed by atoms with Gasteiger partial charge in [0.25, 0.3) is 0 Å². The van der Waals surface area contributed by atoms with Crippen LogP contribution >= 0.6 is 0 Å². The van der Waals surface area contributed by atoms with Crippen molar-refractivity contribution in [2.75, 3.05) is 13.1 Å². The van der Waals surface area contributed by atoms with Gasteiger partial charge in [0.2, 0.25) is 15.9 Å². The van der Waals surface area contributed by atoms with Crippen molar-refractivity contribution in [2.24, 2.45) is 5.92 Å². The fourth-order valence-electron chi connectivity index (χ4n) is 4.54. The van der Waals surface area contributed by atoms with Gasteiger partial charge in [-0.1, -0.05) is 42.0 Å². The quantitative estimate of drug-likeness (QED) is 0.776. The lowest BCUT2D eigenvalue weighted by atomic mass is 9.96. The Morgan fingerprint density at radius 1 is 1.00 bits per heavy atom. The fourth-order valence-corrected chi connectivity index (χ4v) is 6.42. The topological polar surface area (TPSA) is 66.5 Å². The summed E-state index contributed by atoms with van der Waals surface area (Å²) in [5.41, 5.74) is 4.87. The van der Waals surface area contributed by atoms with Crippen molar-refractivity contribution in [2.45, 2.75) is 58.4 Å². The van der Waals surface area contributed by atoms with Crippen LogP contribution in [0.3, 0.4) is 0 Å². The predicted octanol–water partition coefficient (Wildman–Crippen LogP) is 4.20. The first-order valence-corrected chi connectivity index (χ1v) is 12.0. The Kier molecular flexibility index (Phi) is 6.68. The van der Waals surface area contributed by atoms with Crippen LogP contribution in [0.25, 0.3) is 0 Å². The van der Waals surface area contributed by atoms with Crippen LogP contribution in [0.2, 0.25) is 0 Å². The smallest absolute Gasteiger partial charge is 0.243 e. The average molecular weight is 429 g/mol. The Morgan fingerprint density at radius 3 is 2.13 bits per heavy atom. The molecule has 2 aromatic carbocycles. The zero-order valence-electron chi connectivity index (χ0n) is 18.5. The zero-order valence-corrected chi connectivity index (χ0v) is 19.3. The third kappa shape index (κ3) is 4.60. The standard InChI is InChI=1S/C24H32N2O3S/c1-16-14-18(3)23(19(4)15-16)30(28,29)26-12-10-21(11-13-26)24(27)25-20(5)22-9-7-6-8-17(22)2/h6-9,14-15,20-21H,10-13H2,1-5H3,(H,25,27). The second-order valence-electron chi connectivity index (χ2n) is 8.49. The first-order chi connectivity index (χ1) is 14.1. The van der Waals surface area contributed by atoms with Gasteiger partial charge >= 0.3 is 0 Å². The van der Waals surface area contributed by atoms with Gasteiger partial charge in [0.05, 0.1) is 10.9 Å². The van der Waals surface area contributed by atoms with E-state index in [2.05, 4.69) is 5.32 Å². The van der Waals surface area contributed by atoms with Crippen LogP contribution in [0, 0.1) is 33.6 Å². The molecule has 0 radical (unpaired) electrons. The number of piperidine rings is 1. The zero-order chi connectivity index (χ0) is 22.1. The highest BCUT2D eigenvalue weighted by molar-refractivity contribution is 7.89. The van der Waals surface area contributed by atoms with Crippen molar-refractivity contribution in [1.82, 2.24) is 9.62 Å². The van der Waals surface area contributed by atoms with Crippen LogP contribution in [0.4, 0.5) is 0 Å². The molecule has 1 aliphatic heterocycles. The number of benzene rings is 2. The first kappa shape index (κ1) is 22.5. The van der Waals surface area contributed by atoms with Gasteiger partial charge in [-0.25, -0.2) is 8.42 Å². The molecule has 1 atom stereocenters. The summed E-state index contributed by atoms with van der Waals surface area (Å²) in [5, 5.41) is 3.11. The summed E-state index contributed by atoms with van der Waals surface area (Å²) in [6, 6.07) is 11.8. The molecule has 3 rings (SSSR count). The molecule has 0 aliphatic carbocycles. The van der Waals surface area contributed by atoms with E-state index in [1.165, 1.54) is 4.31 Å². The fraction of sp³-hybridized carbons (Fsp3) is 0.458. The molecule has 5 nitrogen and oxygen atoms in total. The number of nitrogens with one attached hydrogen (secondary N) is 1. The number of amides is 1. The van der Waals surface area contributed by atoms with Crippen LogP contribution < -0.4 is 5.32 Å². The Hall–Kier alpha value is -2.18. The molecule has 1 heterocycles. The van der Waals surface area contributed by atoms with Gasteiger partial charge in [0, 0.05) is 19.0 Å². The van der Waals surface area contributed by atoms with E-state index >= 15 is 0 Å². The van der Waals surface area contributed by atoms with E-state index < -0.39 is 10.0 Å². The van der Waals surface area contributed by atoms with E-state index in [-0.39, 0.29) is 17.9 Å². The first-order valence-electron chi connectivity index (χ1n) is 10.5. The summed E-state index contributed by atoms with van der Waals surface area (Å²) in [6.45, 7) is 10.4. The van der Waals surface area contributed by atoms with Gasteiger partial charge in [0.1, 0.15) is 0 Å². The molecule has 1 aliphatic rings. The highest BCUT2D eigenvalue weighted by Gasteiger charge is 2.34. The van der Waals surface area contributed by atoms with Crippen LogP contribution in [0.15, 0.2) is 41.3 Å². The highest BCUT2D eigenvalue weighted by atomic mass is 32.2. The summed E-state index contributed by atoms with van der Waals surface area (Å²) < 4.78 is 28.0. The molecule has 162 valence electrons. The lowest BCUT2D eigenvalue weighted by molar-refractivity contribution is -0.126. The molecule has 0 saturated carbocycles. The van der Waals surface area contributed by atoms with Crippen molar-refractivity contribution in [1.29, 1.82) is 0 Å². The normalized spacial score (nSPS) is 17.0. The molecule has 1 N–H and O–H groups in total. The van der Waals surface area contributed by atoms with Gasteiger partial charge in [-0.05, 0) is 69.7 Å². The molecular weight excluding hydrogens is 396 g/mol. The molecule has 0 spiro atoms. The molecule has 0 bridgehead atoms. The summed E-state index contributed by atoms with van der Waals surface area (Å²) in [4.78, 5) is 13.2. The van der Waals surface area contributed by atoms with Gasteiger partial charge in [-0.15, -0.1) is 0 Å². The SMILES string of the molecule is Cc1cc(C)c(S(=O)(=O)N2CCC(C(=O)NC(C)c3ccccc3C)CC2)c(C)c1. The number of hydrogen-bond donors (Lipinski definition) is 1.